The van der Waals surface area contributed by atoms with Crippen LogP contribution in [-0.4, -0.2) is 25.0 Å². The van der Waals surface area contributed by atoms with Gasteiger partial charge in [-0.05, 0) is 24.6 Å². The Morgan fingerprint density at radius 2 is 1.73 bits per heavy atom. The van der Waals surface area contributed by atoms with Crippen molar-refractivity contribution in [3.63, 3.8) is 0 Å². The summed E-state index contributed by atoms with van der Waals surface area (Å²) in [5.74, 6) is 0. The Bertz CT molecular complexity index is 424. The summed E-state index contributed by atoms with van der Waals surface area (Å²) in [6.45, 7) is 1.48. The van der Waals surface area contributed by atoms with Gasteiger partial charge < -0.3 is 10.8 Å². The zero-order chi connectivity index (χ0) is 11.6. The van der Waals surface area contributed by atoms with Gasteiger partial charge in [-0.25, -0.2) is 8.42 Å². The topological polar surface area (TPSA) is 80.4 Å². The van der Waals surface area contributed by atoms with Gasteiger partial charge in [0.2, 0.25) is 0 Å². The van der Waals surface area contributed by atoms with Crippen LogP contribution in [0.4, 0.5) is 5.69 Å². The Labute approximate surface area is 89.7 Å². The van der Waals surface area contributed by atoms with Crippen LogP contribution in [0.1, 0.15) is 18.6 Å². The minimum Gasteiger partial charge on any atom is -0.399 e. The fourth-order valence-electron chi connectivity index (χ4n) is 1.20. The highest BCUT2D eigenvalue weighted by molar-refractivity contribution is 7.91. The van der Waals surface area contributed by atoms with Crippen LogP contribution < -0.4 is 5.73 Å². The fraction of sp³-hybridized carbons (Fsp3) is 0.400. The zero-order valence-electron chi connectivity index (χ0n) is 8.71. The second kappa shape index (κ2) is 4.20. The highest BCUT2D eigenvalue weighted by Gasteiger charge is 2.25. The second-order valence-electron chi connectivity index (χ2n) is 3.65. The minimum absolute atomic E-state index is 0.558. The number of nitrogens with two attached hydrogens (primary N) is 1. The molecule has 0 aliphatic rings. The van der Waals surface area contributed by atoms with E-state index in [9.17, 15) is 13.5 Å². The first-order valence-electron chi connectivity index (χ1n) is 4.54. The normalized spacial score (nSPS) is 15.9. The molecule has 0 fully saturated rings. The third-order valence-corrected chi connectivity index (χ3v) is 4.01. The molecule has 1 aromatic carbocycles. The number of benzene rings is 1. The molecule has 0 aliphatic heterocycles. The zero-order valence-corrected chi connectivity index (χ0v) is 9.53. The monoisotopic (exact) mass is 229 g/mol. The van der Waals surface area contributed by atoms with E-state index in [0.717, 1.165) is 6.26 Å². The van der Waals surface area contributed by atoms with Crippen molar-refractivity contribution in [2.45, 2.75) is 18.3 Å². The number of anilines is 1. The summed E-state index contributed by atoms with van der Waals surface area (Å²) in [5, 5.41) is 8.98. The maximum Gasteiger partial charge on any atom is 0.152 e. The Morgan fingerprint density at radius 3 is 2.13 bits per heavy atom. The van der Waals surface area contributed by atoms with E-state index in [1.54, 1.807) is 24.3 Å². The average Bonchev–Trinajstić information content (AvgIpc) is 2.15. The van der Waals surface area contributed by atoms with Crippen LogP contribution in [-0.2, 0) is 9.84 Å². The average molecular weight is 229 g/mol. The quantitative estimate of drug-likeness (QED) is 0.749. The molecule has 0 bridgehead atoms. The Kier molecular flexibility index (Phi) is 3.36. The number of aliphatic hydroxyl groups excluding tert-OH is 1. The van der Waals surface area contributed by atoms with Crippen LogP contribution >= 0.6 is 0 Å². The standard InChI is InChI=1S/C10H15NO3S/c1-7(15(2,13)14)10(12)8-3-5-9(11)6-4-8/h3-7,10,12H,11H2,1-2H3/t7-,10+/m0/s1. The van der Waals surface area contributed by atoms with Gasteiger partial charge in [-0.3, -0.25) is 0 Å². The van der Waals surface area contributed by atoms with Crippen molar-refractivity contribution >= 4 is 15.5 Å². The summed E-state index contributed by atoms with van der Waals surface area (Å²) in [5.41, 5.74) is 6.63. The molecule has 84 valence electrons. The van der Waals surface area contributed by atoms with E-state index in [1.807, 2.05) is 0 Å². The van der Waals surface area contributed by atoms with Gasteiger partial charge in [-0.1, -0.05) is 12.1 Å². The van der Waals surface area contributed by atoms with Crippen LogP contribution in [0.25, 0.3) is 0 Å². The molecule has 0 saturated carbocycles. The highest BCUT2D eigenvalue weighted by atomic mass is 32.2. The van der Waals surface area contributed by atoms with Crippen molar-refractivity contribution in [3.8, 4) is 0 Å². The number of hydrogen-bond donors (Lipinski definition) is 2. The van der Waals surface area contributed by atoms with E-state index in [-0.39, 0.29) is 0 Å². The van der Waals surface area contributed by atoms with Gasteiger partial charge in [0.1, 0.15) is 0 Å². The summed E-state index contributed by atoms with van der Waals surface area (Å²) in [6.07, 6.45) is 0.0960. The first-order chi connectivity index (χ1) is 6.82. The lowest BCUT2D eigenvalue weighted by molar-refractivity contribution is 0.176. The number of aliphatic hydroxyl groups is 1. The molecule has 0 amide bonds. The molecular weight excluding hydrogens is 214 g/mol. The largest absolute Gasteiger partial charge is 0.399 e. The van der Waals surface area contributed by atoms with E-state index in [0.29, 0.717) is 11.3 Å². The van der Waals surface area contributed by atoms with Crippen molar-refractivity contribution in [2.24, 2.45) is 0 Å². The van der Waals surface area contributed by atoms with Gasteiger partial charge in [0, 0.05) is 11.9 Å². The van der Waals surface area contributed by atoms with Crippen LogP contribution in [0.2, 0.25) is 0 Å². The van der Waals surface area contributed by atoms with Crippen LogP contribution in [0, 0.1) is 0 Å². The molecule has 1 aromatic rings. The molecular formula is C10H15NO3S. The Hall–Kier alpha value is -1.07. The van der Waals surface area contributed by atoms with Crippen molar-refractivity contribution in [2.75, 3.05) is 12.0 Å². The van der Waals surface area contributed by atoms with Gasteiger partial charge in [-0.15, -0.1) is 0 Å². The summed E-state index contributed by atoms with van der Waals surface area (Å²) < 4.78 is 22.5. The molecule has 4 nitrogen and oxygen atoms in total. The molecule has 0 unspecified atom stereocenters. The van der Waals surface area contributed by atoms with Crippen molar-refractivity contribution in [1.29, 1.82) is 0 Å². The van der Waals surface area contributed by atoms with Crippen molar-refractivity contribution in [1.82, 2.24) is 0 Å². The molecule has 0 radical (unpaired) electrons. The lowest BCUT2D eigenvalue weighted by atomic mass is 10.1. The predicted octanol–water partition coefficient (Wildman–Crippen LogP) is 0.735. The molecule has 5 heteroatoms. The molecule has 0 spiro atoms. The molecule has 15 heavy (non-hydrogen) atoms. The van der Waals surface area contributed by atoms with E-state index in [2.05, 4.69) is 0 Å². The maximum absolute atomic E-state index is 11.2. The van der Waals surface area contributed by atoms with Gasteiger partial charge >= 0.3 is 0 Å². The summed E-state index contributed by atoms with van der Waals surface area (Å²) in [7, 11) is -3.24. The number of hydrogen-bond acceptors (Lipinski definition) is 4. The molecule has 1 rings (SSSR count). The van der Waals surface area contributed by atoms with Crippen LogP contribution in [0.5, 0.6) is 0 Å². The maximum atomic E-state index is 11.2. The van der Waals surface area contributed by atoms with Gasteiger partial charge in [-0.2, -0.15) is 0 Å². The van der Waals surface area contributed by atoms with E-state index < -0.39 is 21.2 Å². The Balaban J connectivity index is 2.95. The molecule has 0 aliphatic carbocycles. The van der Waals surface area contributed by atoms with Gasteiger partial charge in [0.05, 0.1) is 11.4 Å². The van der Waals surface area contributed by atoms with E-state index in [1.165, 1.54) is 6.92 Å². The minimum atomic E-state index is -3.24. The second-order valence-corrected chi connectivity index (χ2v) is 6.05. The van der Waals surface area contributed by atoms with Crippen LogP contribution in [0.3, 0.4) is 0 Å². The SMILES string of the molecule is C[C@@H]([C@@H](O)c1ccc(N)cc1)S(C)(=O)=O. The molecule has 0 heterocycles. The number of rotatable bonds is 3. The Morgan fingerprint density at radius 1 is 1.27 bits per heavy atom. The van der Waals surface area contributed by atoms with Gasteiger partial charge in [0.15, 0.2) is 9.84 Å². The summed E-state index contributed by atoms with van der Waals surface area (Å²) >= 11 is 0. The summed E-state index contributed by atoms with van der Waals surface area (Å²) in [4.78, 5) is 0. The smallest absolute Gasteiger partial charge is 0.152 e. The van der Waals surface area contributed by atoms with Crippen molar-refractivity contribution in [3.05, 3.63) is 29.8 Å². The molecule has 2 atom stereocenters. The first kappa shape index (κ1) is 12.0. The third kappa shape index (κ3) is 2.94. The molecule has 0 saturated heterocycles. The predicted molar refractivity (Wildman–Crippen MR) is 60.1 cm³/mol. The highest BCUT2D eigenvalue weighted by Crippen LogP contribution is 2.22. The molecule has 3 N–H and O–H groups in total. The number of nitrogen functional groups attached to an aromatic ring is 1. The fourth-order valence-corrected chi connectivity index (χ4v) is 1.82. The van der Waals surface area contributed by atoms with E-state index >= 15 is 0 Å². The first-order valence-corrected chi connectivity index (χ1v) is 6.50. The van der Waals surface area contributed by atoms with Crippen LogP contribution in [0.15, 0.2) is 24.3 Å². The third-order valence-electron chi connectivity index (χ3n) is 2.40. The number of sulfone groups is 1. The lowest BCUT2D eigenvalue weighted by Gasteiger charge is -2.17. The van der Waals surface area contributed by atoms with E-state index in [4.69, 9.17) is 5.73 Å². The molecule has 0 aromatic heterocycles. The summed E-state index contributed by atoms with van der Waals surface area (Å²) in [6, 6.07) is 6.52. The lowest BCUT2D eigenvalue weighted by Crippen LogP contribution is -2.24. The van der Waals surface area contributed by atoms with Gasteiger partial charge in [0.25, 0.3) is 0 Å². The van der Waals surface area contributed by atoms with Crippen molar-refractivity contribution < 1.29 is 13.5 Å².